The van der Waals surface area contributed by atoms with Crippen molar-refractivity contribution in [2.24, 2.45) is 11.7 Å². The molecule has 1 aromatic carbocycles. The van der Waals surface area contributed by atoms with Crippen LogP contribution >= 0.6 is 0 Å². The minimum atomic E-state index is -3.13. The van der Waals surface area contributed by atoms with Crippen LogP contribution in [-0.2, 0) is 9.84 Å². The highest BCUT2D eigenvalue weighted by Gasteiger charge is 2.30. The van der Waals surface area contributed by atoms with Gasteiger partial charge >= 0.3 is 0 Å². The number of sulfone groups is 1. The summed E-state index contributed by atoms with van der Waals surface area (Å²) < 4.78 is 24.9. The molecule has 0 spiro atoms. The number of benzene rings is 1. The van der Waals surface area contributed by atoms with Crippen molar-refractivity contribution in [2.75, 3.05) is 12.3 Å². The first kappa shape index (κ1) is 13.6. The molecule has 1 aliphatic carbocycles. The lowest BCUT2D eigenvalue weighted by Gasteiger charge is -2.18. The zero-order valence-corrected chi connectivity index (χ0v) is 11.4. The van der Waals surface area contributed by atoms with Crippen molar-refractivity contribution in [3.63, 3.8) is 0 Å². The van der Waals surface area contributed by atoms with Crippen LogP contribution in [0.15, 0.2) is 30.3 Å². The van der Waals surface area contributed by atoms with Gasteiger partial charge < -0.3 is 5.73 Å². The van der Waals surface area contributed by atoms with Crippen molar-refractivity contribution in [3.05, 3.63) is 35.9 Å². The number of nitrogens with two attached hydrogens (primary N) is 1. The topological polar surface area (TPSA) is 60.2 Å². The van der Waals surface area contributed by atoms with Crippen LogP contribution < -0.4 is 5.73 Å². The second-order valence-electron chi connectivity index (χ2n) is 5.12. The van der Waals surface area contributed by atoms with Gasteiger partial charge in [0.1, 0.15) is 0 Å². The summed E-state index contributed by atoms with van der Waals surface area (Å²) in [5, 5.41) is -0.542. The Bertz CT molecular complexity index is 464. The Kier molecular flexibility index (Phi) is 4.40. The second kappa shape index (κ2) is 5.85. The summed E-state index contributed by atoms with van der Waals surface area (Å²) in [7, 11) is -3.13. The van der Waals surface area contributed by atoms with Crippen molar-refractivity contribution < 1.29 is 8.42 Å². The van der Waals surface area contributed by atoms with Crippen molar-refractivity contribution in [3.8, 4) is 0 Å². The van der Waals surface area contributed by atoms with E-state index in [4.69, 9.17) is 5.73 Å². The van der Waals surface area contributed by atoms with E-state index in [2.05, 4.69) is 0 Å². The van der Waals surface area contributed by atoms with E-state index in [9.17, 15) is 8.42 Å². The lowest BCUT2D eigenvalue weighted by atomic mass is 10.1. The monoisotopic (exact) mass is 267 g/mol. The Morgan fingerprint density at radius 1 is 1.17 bits per heavy atom. The molecule has 0 amide bonds. The molecule has 0 heterocycles. The summed E-state index contributed by atoms with van der Waals surface area (Å²) in [4.78, 5) is 0. The fourth-order valence-corrected chi connectivity index (χ4v) is 4.87. The zero-order chi connectivity index (χ0) is 13.0. The summed E-state index contributed by atoms with van der Waals surface area (Å²) in [6.45, 7) is 0.166. The van der Waals surface area contributed by atoms with Gasteiger partial charge in [-0.1, -0.05) is 43.2 Å². The average molecular weight is 267 g/mol. The number of hydrogen-bond donors (Lipinski definition) is 1. The van der Waals surface area contributed by atoms with Gasteiger partial charge in [-0.15, -0.1) is 0 Å². The third-order valence-corrected chi connectivity index (χ3v) is 6.03. The molecule has 100 valence electrons. The van der Waals surface area contributed by atoms with E-state index >= 15 is 0 Å². The van der Waals surface area contributed by atoms with Gasteiger partial charge in [-0.2, -0.15) is 0 Å². The Labute approximate surface area is 109 Å². The maximum absolute atomic E-state index is 12.4. The van der Waals surface area contributed by atoms with Crippen LogP contribution in [0.3, 0.4) is 0 Å². The molecule has 1 unspecified atom stereocenters. The second-order valence-corrected chi connectivity index (χ2v) is 7.34. The Morgan fingerprint density at radius 3 is 2.33 bits per heavy atom. The predicted octanol–water partition coefficient (Wildman–Crippen LogP) is 2.29. The minimum Gasteiger partial charge on any atom is -0.329 e. The standard InChI is InChI=1S/C14H21NO2S/c15-10-14(13-8-2-1-3-9-13)18(16,17)11-12-6-4-5-7-12/h1-3,8-9,12,14H,4-7,10-11,15H2. The third kappa shape index (κ3) is 3.12. The van der Waals surface area contributed by atoms with Crippen LogP contribution in [0.4, 0.5) is 0 Å². The zero-order valence-electron chi connectivity index (χ0n) is 10.6. The minimum absolute atomic E-state index is 0.166. The molecule has 3 nitrogen and oxygen atoms in total. The van der Waals surface area contributed by atoms with Gasteiger partial charge in [0.2, 0.25) is 0 Å². The molecule has 0 radical (unpaired) electrons. The summed E-state index contributed by atoms with van der Waals surface area (Å²) in [6, 6.07) is 9.32. The van der Waals surface area contributed by atoms with Crippen LogP contribution in [0.5, 0.6) is 0 Å². The molecule has 0 aliphatic heterocycles. The molecule has 2 N–H and O–H groups in total. The normalized spacial score (nSPS) is 18.9. The van der Waals surface area contributed by atoms with E-state index in [-0.39, 0.29) is 6.54 Å². The highest BCUT2D eigenvalue weighted by molar-refractivity contribution is 7.91. The maximum atomic E-state index is 12.4. The van der Waals surface area contributed by atoms with Crippen molar-refractivity contribution in [1.82, 2.24) is 0 Å². The van der Waals surface area contributed by atoms with E-state index in [1.54, 1.807) is 0 Å². The number of hydrogen-bond acceptors (Lipinski definition) is 3. The van der Waals surface area contributed by atoms with Crippen LogP contribution in [-0.4, -0.2) is 20.7 Å². The van der Waals surface area contributed by atoms with Gasteiger partial charge in [0.15, 0.2) is 9.84 Å². The van der Waals surface area contributed by atoms with Gasteiger partial charge in [0.25, 0.3) is 0 Å². The highest BCUT2D eigenvalue weighted by atomic mass is 32.2. The molecule has 1 aliphatic rings. The van der Waals surface area contributed by atoms with E-state index < -0.39 is 15.1 Å². The Hall–Kier alpha value is -0.870. The maximum Gasteiger partial charge on any atom is 0.158 e. The summed E-state index contributed by atoms with van der Waals surface area (Å²) in [5.74, 6) is 0.636. The summed E-state index contributed by atoms with van der Waals surface area (Å²) >= 11 is 0. The predicted molar refractivity (Wildman–Crippen MR) is 74.0 cm³/mol. The van der Waals surface area contributed by atoms with Crippen molar-refractivity contribution >= 4 is 9.84 Å². The molecule has 18 heavy (non-hydrogen) atoms. The highest BCUT2D eigenvalue weighted by Crippen LogP contribution is 2.30. The largest absolute Gasteiger partial charge is 0.329 e. The lowest BCUT2D eigenvalue weighted by molar-refractivity contribution is 0.548. The van der Waals surface area contributed by atoms with Crippen molar-refractivity contribution in [2.45, 2.75) is 30.9 Å². The molecule has 1 saturated carbocycles. The van der Waals surface area contributed by atoms with Crippen LogP contribution in [0.1, 0.15) is 36.5 Å². The van der Waals surface area contributed by atoms with E-state index in [1.165, 1.54) is 12.8 Å². The molecule has 4 heteroatoms. The summed E-state index contributed by atoms with van der Waals surface area (Å²) in [5.41, 5.74) is 6.50. The van der Waals surface area contributed by atoms with Gasteiger partial charge in [-0.3, -0.25) is 0 Å². The fourth-order valence-electron chi connectivity index (χ4n) is 2.78. The van der Waals surface area contributed by atoms with Crippen LogP contribution in [0.2, 0.25) is 0 Å². The van der Waals surface area contributed by atoms with Crippen molar-refractivity contribution in [1.29, 1.82) is 0 Å². The third-order valence-electron chi connectivity index (χ3n) is 3.76. The molecule has 0 aromatic heterocycles. The SMILES string of the molecule is NCC(c1ccccc1)S(=O)(=O)CC1CCCC1. The average Bonchev–Trinajstić information content (AvgIpc) is 2.83. The van der Waals surface area contributed by atoms with Gasteiger partial charge in [-0.05, 0) is 24.3 Å². The number of rotatable bonds is 5. The molecular weight excluding hydrogens is 246 g/mol. The van der Waals surface area contributed by atoms with E-state index in [1.807, 2.05) is 30.3 Å². The fraction of sp³-hybridized carbons (Fsp3) is 0.571. The Morgan fingerprint density at radius 2 is 1.78 bits per heavy atom. The van der Waals surface area contributed by atoms with Gasteiger partial charge in [0, 0.05) is 6.54 Å². The first-order chi connectivity index (χ1) is 8.63. The lowest BCUT2D eigenvalue weighted by Crippen LogP contribution is -2.26. The Balaban J connectivity index is 2.15. The molecule has 1 fully saturated rings. The molecule has 2 rings (SSSR count). The van der Waals surface area contributed by atoms with Gasteiger partial charge in [-0.25, -0.2) is 8.42 Å². The summed E-state index contributed by atoms with van der Waals surface area (Å²) in [6.07, 6.45) is 4.42. The molecule has 0 saturated heterocycles. The van der Waals surface area contributed by atoms with E-state index in [0.29, 0.717) is 11.7 Å². The van der Waals surface area contributed by atoms with Crippen LogP contribution in [0.25, 0.3) is 0 Å². The first-order valence-corrected chi connectivity index (χ1v) is 8.31. The smallest absolute Gasteiger partial charge is 0.158 e. The van der Waals surface area contributed by atoms with Gasteiger partial charge in [0.05, 0.1) is 11.0 Å². The molecule has 0 bridgehead atoms. The van der Waals surface area contributed by atoms with E-state index in [0.717, 1.165) is 18.4 Å². The first-order valence-electron chi connectivity index (χ1n) is 6.60. The molecule has 1 atom stereocenters. The molecule has 1 aromatic rings. The quantitative estimate of drug-likeness (QED) is 0.890. The van der Waals surface area contributed by atoms with Crippen LogP contribution in [0, 0.1) is 5.92 Å². The molecular formula is C14H21NO2S.